The van der Waals surface area contributed by atoms with E-state index in [-0.39, 0.29) is 36.3 Å². The number of nitriles is 1. The fraction of sp³-hybridized carbons (Fsp3) is 0.333. The molecule has 0 saturated carbocycles. The second kappa shape index (κ2) is 6.53. The molecule has 1 aliphatic rings. The largest absolute Gasteiger partial charge is 0.371 e. The van der Waals surface area contributed by atoms with Gasteiger partial charge in [0.1, 0.15) is 11.0 Å². The van der Waals surface area contributed by atoms with Crippen LogP contribution in [0.2, 0.25) is 5.02 Å². The molecule has 24 heavy (non-hydrogen) atoms. The standard InChI is InChI=1S/C15H15ClN4O3S/c1-19-9-12(8-18-19)14-10-20(4-5-23-14)24(21,22)15-3-2-13(16)6-11(15)7-17/h2-3,6,8-9,14H,4-5,10H2,1H3/t14-/m1/s1. The van der Waals surface area contributed by atoms with Gasteiger partial charge in [-0.25, -0.2) is 8.42 Å². The molecule has 0 spiro atoms. The van der Waals surface area contributed by atoms with Gasteiger partial charge in [-0.1, -0.05) is 11.6 Å². The van der Waals surface area contributed by atoms with Gasteiger partial charge in [-0.3, -0.25) is 4.68 Å². The van der Waals surface area contributed by atoms with Crippen LogP contribution in [0.25, 0.3) is 0 Å². The SMILES string of the molecule is Cn1cc([C@H]2CN(S(=O)(=O)c3ccc(Cl)cc3C#N)CCO2)cn1. The summed E-state index contributed by atoms with van der Waals surface area (Å²) < 4.78 is 34.5. The van der Waals surface area contributed by atoms with E-state index in [2.05, 4.69) is 5.10 Å². The molecule has 0 bridgehead atoms. The van der Waals surface area contributed by atoms with Gasteiger partial charge in [0.05, 0.1) is 24.5 Å². The minimum absolute atomic E-state index is 0.0342. The van der Waals surface area contributed by atoms with Gasteiger partial charge in [-0.2, -0.15) is 14.7 Å². The zero-order chi connectivity index (χ0) is 17.3. The van der Waals surface area contributed by atoms with Crippen LogP contribution >= 0.6 is 11.6 Å². The van der Waals surface area contributed by atoms with Crippen molar-refractivity contribution in [3.63, 3.8) is 0 Å². The van der Waals surface area contributed by atoms with E-state index in [1.807, 2.05) is 6.07 Å². The van der Waals surface area contributed by atoms with Crippen LogP contribution in [0.4, 0.5) is 0 Å². The van der Waals surface area contributed by atoms with E-state index >= 15 is 0 Å². The van der Waals surface area contributed by atoms with E-state index in [9.17, 15) is 13.7 Å². The quantitative estimate of drug-likeness (QED) is 0.825. The van der Waals surface area contributed by atoms with Gasteiger partial charge in [-0.05, 0) is 18.2 Å². The maximum Gasteiger partial charge on any atom is 0.244 e. The third-order valence-corrected chi connectivity index (χ3v) is 5.96. The van der Waals surface area contributed by atoms with Gasteiger partial charge in [0.2, 0.25) is 10.0 Å². The molecule has 2 heterocycles. The summed E-state index contributed by atoms with van der Waals surface area (Å²) in [6.45, 7) is 0.669. The Morgan fingerprint density at radius 2 is 2.25 bits per heavy atom. The van der Waals surface area contributed by atoms with E-state index in [0.29, 0.717) is 5.02 Å². The van der Waals surface area contributed by atoms with Crippen molar-refractivity contribution in [1.29, 1.82) is 5.26 Å². The minimum Gasteiger partial charge on any atom is -0.371 e. The van der Waals surface area contributed by atoms with Gasteiger partial charge in [0.25, 0.3) is 0 Å². The molecular weight excluding hydrogens is 352 g/mol. The van der Waals surface area contributed by atoms with E-state index in [0.717, 1.165) is 5.56 Å². The first-order valence-electron chi connectivity index (χ1n) is 7.22. The molecule has 126 valence electrons. The van der Waals surface area contributed by atoms with Crippen molar-refractivity contribution < 1.29 is 13.2 Å². The molecular formula is C15H15ClN4O3S. The van der Waals surface area contributed by atoms with Crippen LogP contribution in [0.15, 0.2) is 35.5 Å². The molecule has 1 atom stereocenters. The van der Waals surface area contributed by atoms with Crippen LogP contribution < -0.4 is 0 Å². The summed E-state index contributed by atoms with van der Waals surface area (Å²) in [6, 6.07) is 6.08. The molecule has 1 saturated heterocycles. The number of aryl methyl sites for hydroxylation is 1. The number of nitrogens with zero attached hydrogens (tertiary/aromatic N) is 4. The lowest BCUT2D eigenvalue weighted by molar-refractivity contribution is -0.00259. The fourth-order valence-electron chi connectivity index (χ4n) is 2.61. The van der Waals surface area contributed by atoms with Crippen LogP contribution in [-0.2, 0) is 21.8 Å². The van der Waals surface area contributed by atoms with Crippen molar-refractivity contribution in [2.24, 2.45) is 7.05 Å². The molecule has 0 radical (unpaired) electrons. The number of sulfonamides is 1. The van der Waals surface area contributed by atoms with Crippen molar-refractivity contribution in [1.82, 2.24) is 14.1 Å². The first-order chi connectivity index (χ1) is 11.4. The van der Waals surface area contributed by atoms with E-state index in [1.54, 1.807) is 24.1 Å². The molecule has 1 fully saturated rings. The maximum absolute atomic E-state index is 12.9. The summed E-state index contributed by atoms with van der Waals surface area (Å²) in [5.74, 6) is 0. The van der Waals surface area contributed by atoms with Gasteiger partial charge in [0.15, 0.2) is 0 Å². The number of aromatic nitrogens is 2. The number of halogens is 1. The molecule has 1 aliphatic heterocycles. The highest BCUT2D eigenvalue weighted by Gasteiger charge is 2.33. The van der Waals surface area contributed by atoms with Crippen LogP contribution in [0.5, 0.6) is 0 Å². The average molecular weight is 367 g/mol. The second-order valence-corrected chi connectivity index (χ2v) is 7.76. The average Bonchev–Trinajstić information content (AvgIpc) is 3.01. The number of ether oxygens (including phenoxy) is 1. The minimum atomic E-state index is -3.81. The first-order valence-corrected chi connectivity index (χ1v) is 9.03. The summed E-state index contributed by atoms with van der Waals surface area (Å²) >= 11 is 5.85. The highest BCUT2D eigenvalue weighted by Crippen LogP contribution is 2.28. The Hall–Kier alpha value is -1.92. The third kappa shape index (κ3) is 3.16. The van der Waals surface area contributed by atoms with Crippen LogP contribution in [0.1, 0.15) is 17.2 Å². The summed E-state index contributed by atoms with van der Waals surface area (Å²) in [5.41, 5.74) is 0.848. The molecule has 0 amide bonds. The van der Waals surface area contributed by atoms with E-state index < -0.39 is 10.0 Å². The predicted molar refractivity (Wildman–Crippen MR) is 86.8 cm³/mol. The molecule has 0 N–H and O–H groups in total. The predicted octanol–water partition coefficient (Wildman–Crippen LogP) is 1.71. The number of morpholine rings is 1. The summed E-state index contributed by atoms with van der Waals surface area (Å²) in [7, 11) is -2.03. The normalized spacial score (nSPS) is 19.1. The molecule has 7 nitrogen and oxygen atoms in total. The molecule has 0 unspecified atom stereocenters. The monoisotopic (exact) mass is 366 g/mol. The Morgan fingerprint density at radius 1 is 1.46 bits per heavy atom. The van der Waals surface area contributed by atoms with E-state index in [1.165, 1.54) is 22.5 Å². The lowest BCUT2D eigenvalue weighted by atomic mass is 10.2. The highest BCUT2D eigenvalue weighted by molar-refractivity contribution is 7.89. The zero-order valence-electron chi connectivity index (χ0n) is 12.9. The number of rotatable bonds is 3. The maximum atomic E-state index is 12.9. The molecule has 3 rings (SSSR count). The lowest BCUT2D eigenvalue weighted by Crippen LogP contribution is -2.42. The fourth-order valence-corrected chi connectivity index (χ4v) is 4.32. The van der Waals surface area contributed by atoms with Gasteiger partial charge in [-0.15, -0.1) is 0 Å². The van der Waals surface area contributed by atoms with Crippen molar-refractivity contribution in [3.8, 4) is 6.07 Å². The van der Waals surface area contributed by atoms with Gasteiger partial charge < -0.3 is 4.74 Å². The molecule has 1 aromatic carbocycles. The van der Waals surface area contributed by atoms with Crippen molar-refractivity contribution in [3.05, 3.63) is 46.7 Å². The molecule has 0 aliphatic carbocycles. The number of hydrogen-bond acceptors (Lipinski definition) is 5. The smallest absolute Gasteiger partial charge is 0.244 e. The van der Waals surface area contributed by atoms with Crippen molar-refractivity contribution >= 4 is 21.6 Å². The Bertz CT molecular complexity index is 904. The molecule has 9 heteroatoms. The van der Waals surface area contributed by atoms with Gasteiger partial charge >= 0.3 is 0 Å². The lowest BCUT2D eigenvalue weighted by Gasteiger charge is -2.31. The summed E-state index contributed by atoms with van der Waals surface area (Å²) in [4.78, 5) is -0.0405. The van der Waals surface area contributed by atoms with Crippen molar-refractivity contribution in [2.75, 3.05) is 19.7 Å². The zero-order valence-corrected chi connectivity index (χ0v) is 14.5. The highest BCUT2D eigenvalue weighted by atomic mass is 35.5. The number of benzene rings is 1. The first kappa shape index (κ1) is 16.9. The van der Waals surface area contributed by atoms with Crippen LogP contribution in [0.3, 0.4) is 0 Å². The van der Waals surface area contributed by atoms with Crippen LogP contribution in [0, 0.1) is 11.3 Å². The van der Waals surface area contributed by atoms with E-state index in [4.69, 9.17) is 16.3 Å². The molecule has 2 aromatic rings. The summed E-state index contributed by atoms with van der Waals surface area (Å²) in [6.07, 6.45) is 3.06. The topological polar surface area (TPSA) is 88.2 Å². The van der Waals surface area contributed by atoms with Crippen molar-refractivity contribution in [2.45, 2.75) is 11.0 Å². The Labute approximate surface area is 145 Å². The number of hydrogen-bond donors (Lipinski definition) is 0. The third-order valence-electron chi connectivity index (χ3n) is 3.81. The summed E-state index contributed by atoms with van der Waals surface area (Å²) in [5, 5.41) is 13.6. The Kier molecular flexibility index (Phi) is 4.60. The Balaban J connectivity index is 1.91. The Morgan fingerprint density at radius 3 is 2.92 bits per heavy atom. The molecule has 1 aromatic heterocycles. The van der Waals surface area contributed by atoms with Crippen LogP contribution in [-0.4, -0.2) is 42.2 Å². The van der Waals surface area contributed by atoms with Gasteiger partial charge in [0, 0.05) is 36.9 Å². The second-order valence-electron chi connectivity index (χ2n) is 5.42.